The second-order valence-corrected chi connectivity index (χ2v) is 6.46. The molecule has 0 radical (unpaired) electrons. The highest BCUT2D eigenvalue weighted by Gasteiger charge is 2.16. The Labute approximate surface area is 145 Å². The summed E-state index contributed by atoms with van der Waals surface area (Å²) in [5, 5.41) is 8.09. The van der Waals surface area contributed by atoms with Crippen molar-refractivity contribution in [2.75, 3.05) is 6.61 Å². The zero-order valence-electron chi connectivity index (χ0n) is 13.9. The summed E-state index contributed by atoms with van der Waals surface area (Å²) in [4.78, 5) is 12.1. The summed E-state index contributed by atoms with van der Waals surface area (Å²) in [5.74, 6) is 1.50. The summed E-state index contributed by atoms with van der Waals surface area (Å²) >= 11 is 1.65. The number of hydrogen-bond donors (Lipinski definition) is 1. The highest BCUT2D eigenvalue weighted by Crippen LogP contribution is 2.31. The summed E-state index contributed by atoms with van der Waals surface area (Å²) in [7, 11) is 0. The lowest BCUT2D eigenvalue weighted by atomic mass is 10.1. The van der Waals surface area contributed by atoms with E-state index in [1.165, 1.54) is 5.56 Å². The maximum Gasteiger partial charge on any atom is 0.220 e. The minimum absolute atomic E-state index is 0.0270. The van der Waals surface area contributed by atoms with Crippen LogP contribution in [0.1, 0.15) is 37.6 Å². The molecule has 1 aromatic carbocycles. The molecule has 1 unspecified atom stereocenters. The van der Waals surface area contributed by atoms with Gasteiger partial charge in [0.15, 0.2) is 11.3 Å². The molecule has 1 atom stereocenters. The SMILES string of the molecule is CCOc1cccc2cc(C(C)NC(=O)CCc3ccsc3)oc12. The van der Waals surface area contributed by atoms with Crippen LogP contribution >= 0.6 is 11.3 Å². The first-order chi connectivity index (χ1) is 11.7. The number of amides is 1. The van der Waals surface area contributed by atoms with Crippen LogP contribution in [0.15, 0.2) is 45.5 Å². The van der Waals surface area contributed by atoms with E-state index in [-0.39, 0.29) is 11.9 Å². The normalized spacial score (nSPS) is 12.2. The van der Waals surface area contributed by atoms with Crippen molar-refractivity contribution in [3.63, 3.8) is 0 Å². The average Bonchev–Trinajstić information content (AvgIpc) is 3.23. The van der Waals surface area contributed by atoms with Crippen LogP contribution in [-0.4, -0.2) is 12.5 Å². The van der Waals surface area contributed by atoms with Gasteiger partial charge in [0.05, 0.1) is 12.6 Å². The predicted molar refractivity (Wildman–Crippen MR) is 96.6 cm³/mol. The van der Waals surface area contributed by atoms with Gasteiger partial charge in [0.2, 0.25) is 5.91 Å². The van der Waals surface area contributed by atoms with Crippen LogP contribution < -0.4 is 10.1 Å². The molecular formula is C19H21NO3S. The number of fused-ring (bicyclic) bond motifs is 1. The Kier molecular flexibility index (Phi) is 5.20. The molecule has 2 heterocycles. The first kappa shape index (κ1) is 16.6. The van der Waals surface area contributed by atoms with E-state index in [0.717, 1.165) is 28.9 Å². The molecule has 2 aromatic heterocycles. The van der Waals surface area contributed by atoms with E-state index < -0.39 is 0 Å². The largest absolute Gasteiger partial charge is 0.490 e. The highest BCUT2D eigenvalue weighted by atomic mass is 32.1. The third-order valence-corrected chi connectivity index (χ3v) is 4.58. The lowest BCUT2D eigenvalue weighted by Gasteiger charge is -2.11. The smallest absolute Gasteiger partial charge is 0.220 e. The second kappa shape index (κ2) is 7.53. The minimum atomic E-state index is -0.179. The number of furan rings is 1. The Bertz CT molecular complexity index is 807. The molecule has 4 nitrogen and oxygen atoms in total. The maximum absolute atomic E-state index is 12.1. The van der Waals surface area contributed by atoms with Gasteiger partial charge in [0.25, 0.3) is 0 Å². The summed E-state index contributed by atoms with van der Waals surface area (Å²) in [6.45, 7) is 4.46. The number of ether oxygens (including phenoxy) is 1. The molecule has 3 aromatic rings. The molecule has 0 aliphatic rings. The van der Waals surface area contributed by atoms with E-state index in [0.29, 0.717) is 13.0 Å². The Morgan fingerprint density at radius 3 is 3.00 bits per heavy atom. The van der Waals surface area contributed by atoms with Gasteiger partial charge in [-0.1, -0.05) is 12.1 Å². The van der Waals surface area contributed by atoms with E-state index in [2.05, 4.69) is 16.8 Å². The summed E-state index contributed by atoms with van der Waals surface area (Å²) < 4.78 is 11.5. The van der Waals surface area contributed by atoms with Gasteiger partial charge in [0.1, 0.15) is 5.76 Å². The fourth-order valence-electron chi connectivity index (χ4n) is 2.62. The zero-order chi connectivity index (χ0) is 16.9. The fourth-order valence-corrected chi connectivity index (χ4v) is 3.32. The second-order valence-electron chi connectivity index (χ2n) is 5.68. The van der Waals surface area contributed by atoms with Gasteiger partial charge in [-0.3, -0.25) is 4.79 Å². The van der Waals surface area contributed by atoms with Crippen molar-refractivity contribution in [3.05, 3.63) is 52.4 Å². The number of nitrogens with one attached hydrogen (secondary N) is 1. The van der Waals surface area contributed by atoms with E-state index in [4.69, 9.17) is 9.15 Å². The molecule has 0 saturated heterocycles. The molecule has 0 fully saturated rings. The topological polar surface area (TPSA) is 51.5 Å². The predicted octanol–water partition coefficient (Wildman–Crippen LogP) is 4.70. The number of para-hydroxylation sites is 1. The quantitative estimate of drug-likeness (QED) is 0.676. The molecular weight excluding hydrogens is 322 g/mol. The number of aryl methyl sites for hydroxylation is 1. The molecule has 0 spiro atoms. The number of carbonyl (C=O) groups is 1. The van der Waals surface area contributed by atoms with Crippen LogP contribution in [0.5, 0.6) is 5.75 Å². The van der Waals surface area contributed by atoms with Crippen LogP contribution in [0.4, 0.5) is 0 Å². The number of carbonyl (C=O) groups excluding carboxylic acids is 1. The van der Waals surface area contributed by atoms with Gasteiger partial charge in [0, 0.05) is 11.8 Å². The first-order valence-electron chi connectivity index (χ1n) is 8.13. The molecule has 24 heavy (non-hydrogen) atoms. The molecule has 0 aliphatic heterocycles. The van der Waals surface area contributed by atoms with Gasteiger partial charge in [-0.2, -0.15) is 11.3 Å². The molecule has 3 rings (SSSR count). The summed E-state index contributed by atoms with van der Waals surface area (Å²) in [6.07, 6.45) is 1.24. The Balaban J connectivity index is 1.66. The average molecular weight is 343 g/mol. The number of thiophene rings is 1. The molecule has 1 amide bonds. The van der Waals surface area contributed by atoms with E-state index >= 15 is 0 Å². The highest BCUT2D eigenvalue weighted by molar-refractivity contribution is 7.07. The zero-order valence-corrected chi connectivity index (χ0v) is 14.7. The molecule has 0 aliphatic carbocycles. The lowest BCUT2D eigenvalue weighted by molar-refractivity contribution is -0.121. The van der Waals surface area contributed by atoms with Gasteiger partial charge < -0.3 is 14.5 Å². The van der Waals surface area contributed by atoms with Crippen LogP contribution in [-0.2, 0) is 11.2 Å². The van der Waals surface area contributed by atoms with E-state index in [9.17, 15) is 4.79 Å². The van der Waals surface area contributed by atoms with Crippen molar-refractivity contribution in [2.45, 2.75) is 32.7 Å². The maximum atomic E-state index is 12.1. The van der Waals surface area contributed by atoms with Crippen molar-refractivity contribution < 1.29 is 13.9 Å². The van der Waals surface area contributed by atoms with Gasteiger partial charge in [-0.05, 0) is 54.8 Å². The van der Waals surface area contributed by atoms with E-state index in [1.54, 1.807) is 11.3 Å². The van der Waals surface area contributed by atoms with Crippen molar-refractivity contribution in [1.82, 2.24) is 5.32 Å². The van der Waals surface area contributed by atoms with Crippen LogP contribution in [0.25, 0.3) is 11.0 Å². The number of rotatable bonds is 7. The standard InChI is InChI=1S/C19H21NO3S/c1-3-22-16-6-4-5-15-11-17(23-19(15)16)13(2)20-18(21)8-7-14-9-10-24-12-14/h4-6,9-13H,3,7-8H2,1-2H3,(H,20,21). The van der Waals surface area contributed by atoms with Crippen molar-refractivity contribution in [3.8, 4) is 5.75 Å². The summed E-state index contributed by atoms with van der Waals surface area (Å²) in [6, 6.07) is 9.65. The van der Waals surface area contributed by atoms with Gasteiger partial charge in [-0.15, -0.1) is 0 Å². The van der Waals surface area contributed by atoms with Crippen molar-refractivity contribution in [1.29, 1.82) is 0 Å². The Morgan fingerprint density at radius 2 is 2.25 bits per heavy atom. The van der Waals surface area contributed by atoms with Crippen LogP contribution in [0.3, 0.4) is 0 Å². The molecule has 5 heteroatoms. The molecule has 0 saturated carbocycles. The summed E-state index contributed by atoms with van der Waals surface area (Å²) in [5.41, 5.74) is 1.93. The van der Waals surface area contributed by atoms with Crippen molar-refractivity contribution >= 4 is 28.2 Å². The monoisotopic (exact) mass is 343 g/mol. The van der Waals surface area contributed by atoms with Gasteiger partial charge >= 0.3 is 0 Å². The number of benzene rings is 1. The first-order valence-corrected chi connectivity index (χ1v) is 9.07. The molecule has 1 N–H and O–H groups in total. The van der Waals surface area contributed by atoms with E-state index in [1.807, 2.05) is 43.5 Å². The minimum Gasteiger partial charge on any atom is -0.490 e. The van der Waals surface area contributed by atoms with Crippen LogP contribution in [0.2, 0.25) is 0 Å². The Hall–Kier alpha value is -2.27. The van der Waals surface area contributed by atoms with Crippen LogP contribution in [0, 0.1) is 0 Å². The third kappa shape index (κ3) is 3.79. The van der Waals surface area contributed by atoms with Crippen molar-refractivity contribution in [2.24, 2.45) is 0 Å². The van der Waals surface area contributed by atoms with Gasteiger partial charge in [-0.25, -0.2) is 0 Å². The third-order valence-electron chi connectivity index (χ3n) is 3.85. The lowest BCUT2D eigenvalue weighted by Crippen LogP contribution is -2.26. The number of hydrogen-bond acceptors (Lipinski definition) is 4. The molecule has 0 bridgehead atoms. The molecule has 126 valence electrons. The fraction of sp³-hybridized carbons (Fsp3) is 0.316. The Morgan fingerprint density at radius 1 is 1.38 bits per heavy atom.